The number of rotatable bonds is 2. The largest absolute Gasteiger partial charge is 0.418 e. The fraction of sp³-hybridized carbons (Fsp3) is 0.250. The van der Waals surface area contributed by atoms with Crippen LogP contribution in [0.5, 0.6) is 0 Å². The van der Waals surface area contributed by atoms with E-state index in [1.165, 1.54) is 16.9 Å². The van der Waals surface area contributed by atoms with Crippen molar-refractivity contribution in [3.8, 4) is 5.69 Å². The van der Waals surface area contributed by atoms with Gasteiger partial charge in [0.25, 0.3) is 0 Å². The molecule has 6 heteroatoms. The lowest BCUT2D eigenvalue weighted by Crippen LogP contribution is -2.12. The van der Waals surface area contributed by atoms with Gasteiger partial charge in [-0.2, -0.15) is 18.3 Å². The highest BCUT2D eigenvalue weighted by atomic mass is 19.4. The van der Waals surface area contributed by atoms with Crippen LogP contribution >= 0.6 is 0 Å². The van der Waals surface area contributed by atoms with Gasteiger partial charge in [-0.05, 0) is 30.2 Å². The molecule has 0 fully saturated rings. The van der Waals surface area contributed by atoms with E-state index in [1.54, 1.807) is 19.2 Å². The molecule has 0 saturated carbocycles. The summed E-state index contributed by atoms with van der Waals surface area (Å²) < 4.78 is 40.1. The molecule has 2 N–H and O–H groups in total. The third-order valence-corrected chi connectivity index (χ3v) is 2.56. The maximum absolute atomic E-state index is 13.0. The number of nitrogens with zero attached hydrogens (tertiary/aromatic N) is 2. The minimum atomic E-state index is -4.43. The normalized spacial score (nSPS) is 11.8. The molecule has 96 valence electrons. The highest BCUT2D eigenvalue weighted by molar-refractivity contribution is 5.45. The summed E-state index contributed by atoms with van der Waals surface area (Å²) >= 11 is 0. The Morgan fingerprint density at radius 3 is 2.56 bits per heavy atom. The van der Waals surface area contributed by atoms with E-state index in [2.05, 4.69) is 5.10 Å². The molecular weight excluding hydrogens is 243 g/mol. The monoisotopic (exact) mass is 255 g/mol. The summed E-state index contributed by atoms with van der Waals surface area (Å²) in [7, 11) is 0. The van der Waals surface area contributed by atoms with E-state index >= 15 is 0 Å². The number of hydrogen-bond acceptors (Lipinski definition) is 2. The fourth-order valence-electron chi connectivity index (χ4n) is 1.68. The van der Waals surface area contributed by atoms with Crippen molar-refractivity contribution in [2.75, 3.05) is 0 Å². The van der Waals surface area contributed by atoms with Gasteiger partial charge >= 0.3 is 6.18 Å². The average Bonchev–Trinajstić information content (AvgIpc) is 2.74. The van der Waals surface area contributed by atoms with Crippen LogP contribution in [0.15, 0.2) is 30.6 Å². The van der Waals surface area contributed by atoms with Crippen molar-refractivity contribution in [2.24, 2.45) is 5.73 Å². The maximum Gasteiger partial charge on any atom is 0.418 e. The highest BCUT2D eigenvalue weighted by Crippen LogP contribution is 2.34. The average molecular weight is 255 g/mol. The molecule has 0 aliphatic rings. The zero-order valence-electron chi connectivity index (χ0n) is 9.70. The predicted octanol–water partition coefficient (Wildman–Crippen LogP) is 2.66. The number of benzene rings is 1. The molecule has 0 aliphatic carbocycles. The van der Waals surface area contributed by atoms with Crippen molar-refractivity contribution in [3.63, 3.8) is 0 Å². The molecule has 1 aromatic heterocycles. The van der Waals surface area contributed by atoms with Crippen LogP contribution in [-0.2, 0) is 12.7 Å². The van der Waals surface area contributed by atoms with Crippen molar-refractivity contribution in [3.05, 3.63) is 47.3 Å². The SMILES string of the molecule is Cc1cnn(-c2ccc(CN)cc2C(F)(F)F)c1. The van der Waals surface area contributed by atoms with Gasteiger partial charge in [0.1, 0.15) is 0 Å². The van der Waals surface area contributed by atoms with Crippen molar-refractivity contribution in [1.82, 2.24) is 9.78 Å². The zero-order valence-corrected chi connectivity index (χ0v) is 9.70. The highest BCUT2D eigenvalue weighted by Gasteiger charge is 2.34. The molecule has 2 aromatic rings. The molecule has 1 heterocycles. The van der Waals surface area contributed by atoms with Crippen LogP contribution in [0.1, 0.15) is 16.7 Å². The Kier molecular flexibility index (Phi) is 3.13. The Balaban J connectivity index is 2.60. The number of hydrogen-bond donors (Lipinski definition) is 1. The molecule has 18 heavy (non-hydrogen) atoms. The second-order valence-corrected chi connectivity index (χ2v) is 4.02. The van der Waals surface area contributed by atoms with Gasteiger partial charge in [0.15, 0.2) is 0 Å². The standard InChI is InChI=1S/C12H12F3N3/c1-8-6-17-18(7-8)11-3-2-9(5-16)4-10(11)12(13,14)15/h2-4,6-7H,5,16H2,1H3. The second kappa shape index (κ2) is 4.45. The van der Waals surface area contributed by atoms with Crippen molar-refractivity contribution in [1.29, 1.82) is 0 Å². The number of nitrogens with two attached hydrogens (primary N) is 1. The molecule has 0 unspecified atom stereocenters. The first-order valence-corrected chi connectivity index (χ1v) is 5.33. The molecule has 0 atom stereocenters. The topological polar surface area (TPSA) is 43.8 Å². The van der Waals surface area contributed by atoms with Gasteiger partial charge in [0.05, 0.1) is 17.4 Å². The molecule has 0 saturated heterocycles. The van der Waals surface area contributed by atoms with Crippen LogP contribution in [0.4, 0.5) is 13.2 Å². The molecule has 0 aliphatic heterocycles. The van der Waals surface area contributed by atoms with Crippen LogP contribution in [0.2, 0.25) is 0 Å². The van der Waals surface area contributed by atoms with Gasteiger partial charge in [0, 0.05) is 12.7 Å². The first-order valence-electron chi connectivity index (χ1n) is 5.33. The Labute approximate surface area is 102 Å². The maximum atomic E-state index is 13.0. The van der Waals surface area contributed by atoms with E-state index in [0.717, 1.165) is 11.6 Å². The number of alkyl halides is 3. The lowest BCUT2D eigenvalue weighted by Gasteiger charge is -2.14. The second-order valence-electron chi connectivity index (χ2n) is 4.02. The van der Waals surface area contributed by atoms with E-state index in [9.17, 15) is 13.2 Å². The molecule has 1 aromatic carbocycles. The lowest BCUT2D eigenvalue weighted by molar-refractivity contribution is -0.137. The van der Waals surface area contributed by atoms with E-state index in [0.29, 0.717) is 5.56 Å². The van der Waals surface area contributed by atoms with Crippen LogP contribution in [0, 0.1) is 6.92 Å². The minimum absolute atomic E-state index is 0.00722. The Bertz CT molecular complexity index is 558. The predicted molar refractivity (Wildman–Crippen MR) is 61.2 cm³/mol. The van der Waals surface area contributed by atoms with Crippen molar-refractivity contribution in [2.45, 2.75) is 19.6 Å². The molecular formula is C12H12F3N3. The minimum Gasteiger partial charge on any atom is -0.326 e. The molecule has 0 spiro atoms. The van der Waals surface area contributed by atoms with Crippen molar-refractivity contribution < 1.29 is 13.2 Å². The number of halogens is 3. The number of aromatic nitrogens is 2. The summed E-state index contributed by atoms with van der Waals surface area (Å²) in [6, 6.07) is 4.02. The van der Waals surface area contributed by atoms with Gasteiger partial charge in [-0.3, -0.25) is 0 Å². The summed E-state index contributed by atoms with van der Waals surface area (Å²) in [5, 5.41) is 3.90. The third-order valence-electron chi connectivity index (χ3n) is 2.56. The van der Waals surface area contributed by atoms with Crippen LogP contribution in [0.3, 0.4) is 0 Å². The quantitative estimate of drug-likeness (QED) is 0.896. The summed E-state index contributed by atoms with van der Waals surface area (Å²) in [4.78, 5) is 0. The molecule has 2 rings (SSSR count). The Morgan fingerprint density at radius 1 is 1.33 bits per heavy atom. The molecule has 0 bridgehead atoms. The van der Waals surface area contributed by atoms with Gasteiger partial charge in [-0.15, -0.1) is 0 Å². The van der Waals surface area contributed by atoms with E-state index in [4.69, 9.17) is 5.73 Å². The number of aryl methyl sites for hydroxylation is 1. The van der Waals surface area contributed by atoms with Crippen LogP contribution in [-0.4, -0.2) is 9.78 Å². The van der Waals surface area contributed by atoms with Crippen LogP contribution in [0.25, 0.3) is 5.69 Å². The van der Waals surface area contributed by atoms with Crippen molar-refractivity contribution >= 4 is 0 Å². The first-order chi connectivity index (χ1) is 8.41. The Morgan fingerprint density at radius 2 is 2.06 bits per heavy atom. The molecule has 0 amide bonds. The molecule has 3 nitrogen and oxygen atoms in total. The van der Waals surface area contributed by atoms with Crippen LogP contribution < -0.4 is 5.73 Å². The fourth-order valence-corrected chi connectivity index (χ4v) is 1.68. The summed E-state index contributed by atoms with van der Waals surface area (Å²) in [6.45, 7) is 1.84. The Hall–Kier alpha value is -1.82. The third kappa shape index (κ3) is 2.38. The van der Waals surface area contributed by atoms with Gasteiger partial charge in [-0.25, -0.2) is 4.68 Å². The first kappa shape index (κ1) is 12.6. The van der Waals surface area contributed by atoms with E-state index in [-0.39, 0.29) is 12.2 Å². The zero-order chi connectivity index (χ0) is 13.3. The summed E-state index contributed by atoms with van der Waals surface area (Å²) in [6.07, 6.45) is -1.37. The summed E-state index contributed by atoms with van der Waals surface area (Å²) in [5.41, 5.74) is 5.88. The van der Waals surface area contributed by atoms with E-state index < -0.39 is 11.7 Å². The van der Waals surface area contributed by atoms with Gasteiger partial charge in [0.2, 0.25) is 0 Å². The van der Waals surface area contributed by atoms with E-state index in [1.807, 2.05) is 0 Å². The molecule has 0 radical (unpaired) electrons. The lowest BCUT2D eigenvalue weighted by atomic mass is 10.1. The van der Waals surface area contributed by atoms with Gasteiger partial charge in [-0.1, -0.05) is 6.07 Å². The van der Waals surface area contributed by atoms with Gasteiger partial charge < -0.3 is 5.73 Å². The smallest absolute Gasteiger partial charge is 0.326 e. The summed E-state index contributed by atoms with van der Waals surface area (Å²) in [5.74, 6) is 0.